The van der Waals surface area contributed by atoms with Crippen LogP contribution in [0.1, 0.15) is 19.3 Å². The molecule has 4 N–H and O–H groups in total. The van der Waals surface area contributed by atoms with E-state index in [9.17, 15) is 22.8 Å². The summed E-state index contributed by atoms with van der Waals surface area (Å²) >= 11 is 0.852. The SMILES string of the molecule is NC(=O)c1ccc(C(=O)NCC(N2CCNCC2)C(F)(F)F)s1. The van der Waals surface area contributed by atoms with E-state index in [1.54, 1.807) is 0 Å². The zero-order valence-corrected chi connectivity index (χ0v) is 13.0. The molecule has 0 aliphatic carbocycles. The first-order valence-corrected chi connectivity index (χ1v) is 7.80. The molecular weight excluding hydrogens is 333 g/mol. The number of carbonyl (C=O) groups excluding carboxylic acids is 2. The summed E-state index contributed by atoms with van der Waals surface area (Å²) in [7, 11) is 0. The van der Waals surface area contributed by atoms with Crippen LogP contribution in [0.2, 0.25) is 0 Å². The van der Waals surface area contributed by atoms with Crippen molar-refractivity contribution in [3.63, 3.8) is 0 Å². The zero-order valence-electron chi connectivity index (χ0n) is 12.2. The molecule has 2 amide bonds. The Morgan fingerprint density at radius 2 is 1.91 bits per heavy atom. The predicted molar refractivity (Wildman–Crippen MR) is 79.5 cm³/mol. The summed E-state index contributed by atoms with van der Waals surface area (Å²) in [6.45, 7) is 0.961. The summed E-state index contributed by atoms with van der Waals surface area (Å²) in [5.74, 6) is -1.32. The number of primary amides is 1. The van der Waals surface area contributed by atoms with Gasteiger partial charge >= 0.3 is 6.18 Å². The molecule has 1 aliphatic heterocycles. The lowest BCUT2D eigenvalue weighted by atomic mass is 10.2. The van der Waals surface area contributed by atoms with Gasteiger partial charge in [0.1, 0.15) is 6.04 Å². The second-order valence-corrected chi connectivity index (χ2v) is 6.17. The second kappa shape index (κ2) is 7.28. The third kappa shape index (κ3) is 4.66. The van der Waals surface area contributed by atoms with Crippen LogP contribution >= 0.6 is 11.3 Å². The molecule has 1 atom stereocenters. The number of amides is 2. The van der Waals surface area contributed by atoms with Gasteiger partial charge in [0.05, 0.1) is 9.75 Å². The van der Waals surface area contributed by atoms with Crippen LogP contribution in [-0.2, 0) is 0 Å². The molecule has 1 unspecified atom stereocenters. The van der Waals surface area contributed by atoms with Gasteiger partial charge < -0.3 is 16.4 Å². The van der Waals surface area contributed by atoms with Gasteiger partial charge in [-0.1, -0.05) is 0 Å². The Bertz CT molecular complexity index is 570. The van der Waals surface area contributed by atoms with E-state index in [1.807, 2.05) is 0 Å². The van der Waals surface area contributed by atoms with Crippen molar-refractivity contribution in [1.29, 1.82) is 0 Å². The Labute approximate surface area is 134 Å². The summed E-state index contributed by atoms with van der Waals surface area (Å²) in [5.41, 5.74) is 5.08. The van der Waals surface area contributed by atoms with Crippen LogP contribution in [0.5, 0.6) is 0 Å². The minimum Gasteiger partial charge on any atom is -0.365 e. The van der Waals surface area contributed by atoms with Gasteiger partial charge in [-0.05, 0) is 12.1 Å². The van der Waals surface area contributed by atoms with E-state index in [2.05, 4.69) is 10.6 Å². The van der Waals surface area contributed by atoms with Crippen molar-refractivity contribution in [2.75, 3.05) is 32.7 Å². The molecule has 128 valence electrons. The maximum Gasteiger partial charge on any atom is 0.405 e. The summed E-state index contributed by atoms with van der Waals surface area (Å²) in [4.78, 5) is 24.6. The number of nitrogens with two attached hydrogens (primary N) is 1. The molecule has 1 aliphatic rings. The Hall–Kier alpha value is -1.65. The first kappa shape index (κ1) is 17.7. The third-order valence-corrected chi connectivity index (χ3v) is 4.60. The summed E-state index contributed by atoms with van der Waals surface area (Å²) in [6.07, 6.45) is -4.43. The molecule has 0 spiro atoms. The van der Waals surface area contributed by atoms with Crippen LogP contribution in [0.15, 0.2) is 12.1 Å². The number of carbonyl (C=O) groups is 2. The maximum atomic E-state index is 13.2. The normalized spacial score (nSPS) is 17.7. The number of alkyl halides is 3. The smallest absolute Gasteiger partial charge is 0.365 e. The molecule has 10 heteroatoms. The van der Waals surface area contributed by atoms with Crippen LogP contribution in [0.25, 0.3) is 0 Å². The number of halogens is 3. The van der Waals surface area contributed by atoms with Gasteiger partial charge in [0.2, 0.25) is 0 Å². The number of hydrogen-bond donors (Lipinski definition) is 3. The number of thiophene rings is 1. The van der Waals surface area contributed by atoms with Gasteiger partial charge in [-0.2, -0.15) is 13.2 Å². The van der Waals surface area contributed by atoms with Crippen LogP contribution in [-0.4, -0.2) is 61.7 Å². The number of piperazine rings is 1. The minimum absolute atomic E-state index is 0.153. The lowest BCUT2D eigenvalue weighted by Crippen LogP contribution is -2.57. The monoisotopic (exact) mass is 350 g/mol. The molecule has 1 aromatic rings. The molecule has 2 heterocycles. The fourth-order valence-corrected chi connectivity index (χ4v) is 3.09. The third-order valence-electron chi connectivity index (χ3n) is 3.50. The molecule has 0 saturated carbocycles. The predicted octanol–water partition coefficient (Wildman–Crippen LogP) is 0.413. The molecule has 0 radical (unpaired) electrons. The van der Waals surface area contributed by atoms with Crippen molar-refractivity contribution in [1.82, 2.24) is 15.5 Å². The Balaban J connectivity index is 1.99. The van der Waals surface area contributed by atoms with E-state index < -0.39 is 30.6 Å². The van der Waals surface area contributed by atoms with E-state index in [-0.39, 0.29) is 22.8 Å². The first-order chi connectivity index (χ1) is 10.8. The molecule has 0 aromatic carbocycles. The summed E-state index contributed by atoms with van der Waals surface area (Å²) < 4.78 is 39.6. The van der Waals surface area contributed by atoms with Gasteiger partial charge in [-0.25, -0.2) is 0 Å². The van der Waals surface area contributed by atoms with Gasteiger partial charge in [-0.3, -0.25) is 14.5 Å². The minimum atomic E-state index is -4.43. The largest absolute Gasteiger partial charge is 0.405 e. The number of hydrogen-bond acceptors (Lipinski definition) is 5. The topological polar surface area (TPSA) is 87.5 Å². The second-order valence-electron chi connectivity index (χ2n) is 5.08. The first-order valence-electron chi connectivity index (χ1n) is 6.98. The Kier molecular flexibility index (Phi) is 5.60. The average Bonchev–Trinajstić information content (AvgIpc) is 2.97. The molecule has 1 saturated heterocycles. The van der Waals surface area contributed by atoms with Crippen molar-refractivity contribution in [3.05, 3.63) is 21.9 Å². The summed E-state index contributed by atoms with van der Waals surface area (Å²) in [6, 6.07) is 1.01. The van der Waals surface area contributed by atoms with E-state index in [0.717, 1.165) is 11.3 Å². The van der Waals surface area contributed by atoms with Crippen molar-refractivity contribution in [3.8, 4) is 0 Å². The lowest BCUT2D eigenvalue weighted by Gasteiger charge is -2.35. The number of nitrogens with one attached hydrogen (secondary N) is 2. The molecular formula is C13H17F3N4O2S. The van der Waals surface area contributed by atoms with E-state index in [0.29, 0.717) is 13.1 Å². The highest BCUT2D eigenvalue weighted by molar-refractivity contribution is 7.15. The Morgan fingerprint density at radius 3 is 2.43 bits per heavy atom. The molecule has 1 aromatic heterocycles. The fourth-order valence-electron chi connectivity index (χ4n) is 2.31. The van der Waals surface area contributed by atoms with Crippen LogP contribution in [0, 0.1) is 0 Å². The van der Waals surface area contributed by atoms with Crippen LogP contribution in [0.3, 0.4) is 0 Å². The summed E-state index contributed by atoms with van der Waals surface area (Å²) in [5, 5.41) is 5.28. The molecule has 1 fully saturated rings. The quantitative estimate of drug-likeness (QED) is 0.718. The maximum absolute atomic E-state index is 13.2. The molecule has 2 rings (SSSR count). The highest BCUT2D eigenvalue weighted by atomic mass is 32.1. The van der Waals surface area contributed by atoms with Gasteiger partial charge in [0.25, 0.3) is 11.8 Å². The molecule has 6 nitrogen and oxygen atoms in total. The van der Waals surface area contributed by atoms with E-state index in [4.69, 9.17) is 5.73 Å². The molecule has 0 bridgehead atoms. The highest BCUT2D eigenvalue weighted by Gasteiger charge is 2.43. The van der Waals surface area contributed by atoms with Gasteiger partial charge in [0, 0.05) is 32.7 Å². The number of nitrogens with zero attached hydrogens (tertiary/aromatic N) is 1. The van der Waals surface area contributed by atoms with Crippen molar-refractivity contribution in [2.45, 2.75) is 12.2 Å². The van der Waals surface area contributed by atoms with E-state index in [1.165, 1.54) is 17.0 Å². The Morgan fingerprint density at radius 1 is 1.30 bits per heavy atom. The van der Waals surface area contributed by atoms with Gasteiger partial charge in [-0.15, -0.1) is 11.3 Å². The number of rotatable bonds is 5. The highest BCUT2D eigenvalue weighted by Crippen LogP contribution is 2.25. The van der Waals surface area contributed by atoms with Crippen LogP contribution in [0.4, 0.5) is 13.2 Å². The standard InChI is InChI=1S/C13H17F3N4O2S/c14-13(15,16)10(20-5-3-18-4-6-20)7-19-12(22)9-2-1-8(23-9)11(17)21/h1-2,10,18H,3-7H2,(H2,17,21)(H,19,22). The van der Waals surface area contributed by atoms with Crippen molar-refractivity contribution >= 4 is 23.2 Å². The van der Waals surface area contributed by atoms with E-state index >= 15 is 0 Å². The fraction of sp³-hybridized carbons (Fsp3) is 0.538. The van der Waals surface area contributed by atoms with Gasteiger partial charge in [0.15, 0.2) is 0 Å². The van der Waals surface area contributed by atoms with Crippen molar-refractivity contribution in [2.24, 2.45) is 5.73 Å². The average molecular weight is 350 g/mol. The van der Waals surface area contributed by atoms with Crippen molar-refractivity contribution < 1.29 is 22.8 Å². The zero-order chi connectivity index (χ0) is 17.0. The van der Waals surface area contributed by atoms with Crippen LogP contribution < -0.4 is 16.4 Å². The lowest BCUT2D eigenvalue weighted by molar-refractivity contribution is -0.183. The molecule has 23 heavy (non-hydrogen) atoms.